The number of anilines is 1. The van der Waals surface area contributed by atoms with E-state index in [9.17, 15) is 9.18 Å². The van der Waals surface area contributed by atoms with E-state index in [0.29, 0.717) is 5.69 Å². The Kier molecular flexibility index (Phi) is 3.39. The largest absolute Gasteiger partial charge is 0.324 e. The van der Waals surface area contributed by atoms with Crippen molar-refractivity contribution in [1.82, 2.24) is 9.55 Å². The minimum Gasteiger partial charge on any atom is -0.324 e. The molecule has 1 heterocycles. The molecule has 4 nitrogen and oxygen atoms in total. The van der Waals surface area contributed by atoms with Crippen molar-refractivity contribution in [2.75, 3.05) is 5.32 Å². The van der Waals surface area contributed by atoms with Crippen molar-refractivity contribution in [2.24, 2.45) is 0 Å². The summed E-state index contributed by atoms with van der Waals surface area (Å²) in [6.07, 6.45) is 1.63. The molecule has 1 aromatic heterocycles. The molecule has 0 aliphatic rings. The molecule has 0 bridgehead atoms. The van der Waals surface area contributed by atoms with E-state index in [4.69, 9.17) is 0 Å². The fourth-order valence-corrected chi connectivity index (χ4v) is 2.21. The van der Waals surface area contributed by atoms with Crippen LogP contribution in [0.4, 0.5) is 10.1 Å². The highest BCUT2D eigenvalue weighted by molar-refractivity contribution is 5.92. The van der Waals surface area contributed by atoms with Crippen molar-refractivity contribution in [1.29, 1.82) is 0 Å². The number of hydrogen-bond donors (Lipinski definition) is 1. The predicted octanol–water partition coefficient (Wildman–Crippen LogP) is 3.12. The molecule has 1 N–H and O–H groups in total. The number of hydrogen-bond acceptors (Lipinski definition) is 2. The zero-order valence-corrected chi connectivity index (χ0v) is 11.5. The van der Waals surface area contributed by atoms with Crippen LogP contribution < -0.4 is 5.32 Å². The van der Waals surface area contributed by atoms with E-state index in [-0.39, 0.29) is 18.3 Å². The number of carbonyl (C=O) groups is 1. The highest BCUT2D eigenvalue weighted by Crippen LogP contribution is 2.16. The summed E-state index contributed by atoms with van der Waals surface area (Å²) < 4.78 is 15.0. The average molecular weight is 283 g/mol. The molecule has 0 fully saturated rings. The fraction of sp³-hybridized carbons (Fsp3) is 0.125. The van der Waals surface area contributed by atoms with Gasteiger partial charge in [-0.3, -0.25) is 4.79 Å². The molecule has 0 radical (unpaired) electrons. The number of rotatable bonds is 3. The number of carbonyl (C=O) groups excluding carboxylic acids is 1. The molecule has 0 atom stereocenters. The Morgan fingerprint density at radius 2 is 2.10 bits per heavy atom. The molecule has 106 valence electrons. The summed E-state index contributed by atoms with van der Waals surface area (Å²) >= 11 is 0. The number of aromatic nitrogens is 2. The third-order valence-corrected chi connectivity index (χ3v) is 3.32. The zero-order valence-electron chi connectivity index (χ0n) is 11.5. The third kappa shape index (κ3) is 2.76. The normalized spacial score (nSPS) is 10.8. The summed E-state index contributed by atoms with van der Waals surface area (Å²) in [6.45, 7) is 1.96. The van der Waals surface area contributed by atoms with Gasteiger partial charge in [-0.1, -0.05) is 18.2 Å². The standard InChI is InChI=1S/C16H14FN3O/c1-11-6-7-12(17)8-14(11)19-16(21)9-20-10-18-13-4-2-3-5-15(13)20/h2-8,10H,9H2,1H3,(H,19,21). The highest BCUT2D eigenvalue weighted by atomic mass is 19.1. The van der Waals surface area contributed by atoms with Gasteiger partial charge in [0, 0.05) is 5.69 Å². The molecule has 0 aliphatic heterocycles. The summed E-state index contributed by atoms with van der Waals surface area (Å²) in [7, 11) is 0. The third-order valence-electron chi connectivity index (χ3n) is 3.32. The van der Waals surface area contributed by atoms with E-state index in [1.54, 1.807) is 17.0 Å². The molecular weight excluding hydrogens is 269 g/mol. The molecular formula is C16H14FN3O. The van der Waals surface area contributed by atoms with Crippen molar-refractivity contribution in [2.45, 2.75) is 13.5 Å². The second-order valence-corrected chi connectivity index (χ2v) is 4.87. The van der Waals surface area contributed by atoms with E-state index < -0.39 is 0 Å². The van der Waals surface area contributed by atoms with E-state index >= 15 is 0 Å². The van der Waals surface area contributed by atoms with Crippen LogP contribution >= 0.6 is 0 Å². The lowest BCUT2D eigenvalue weighted by atomic mass is 10.2. The SMILES string of the molecule is Cc1ccc(F)cc1NC(=O)Cn1cnc2ccccc21. The van der Waals surface area contributed by atoms with Crippen molar-refractivity contribution in [3.8, 4) is 0 Å². The van der Waals surface area contributed by atoms with Gasteiger partial charge in [0.2, 0.25) is 5.91 Å². The maximum Gasteiger partial charge on any atom is 0.244 e. The van der Waals surface area contributed by atoms with Crippen LogP contribution in [0.25, 0.3) is 11.0 Å². The second kappa shape index (κ2) is 5.36. The summed E-state index contributed by atoms with van der Waals surface area (Å²) in [5.41, 5.74) is 3.04. The first kappa shape index (κ1) is 13.3. The zero-order chi connectivity index (χ0) is 14.8. The number of halogens is 1. The molecule has 1 amide bonds. The van der Waals surface area contributed by atoms with Crippen molar-refractivity contribution < 1.29 is 9.18 Å². The van der Waals surface area contributed by atoms with Crippen LogP contribution in [0.5, 0.6) is 0 Å². The monoisotopic (exact) mass is 283 g/mol. The van der Waals surface area contributed by atoms with E-state index in [2.05, 4.69) is 10.3 Å². The molecule has 0 spiro atoms. The van der Waals surface area contributed by atoms with Gasteiger partial charge in [-0.05, 0) is 36.8 Å². The Hall–Kier alpha value is -2.69. The summed E-state index contributed by atoms with van der Waals surface area (Å²) in [6, 6.07) is 11.9. The van der Waals surface area contributed by atoms with Crippen LogP contribution in [-0.2, 0) is 11.3 Å². The molecule has 0 aliphatic carbocycles. The number of para-hydroxylation sites is 2. The van der Waals surface area contributed by atoms with Crippen LogP contribution in [0.1, 0.15) is 5.56 Å². The first-order chi connectivity index (χ1) is 10.1. The topological polar surface area (TPSA) is 46.9 Å². The molecule has 2 aromatic carbocycles. The number of amides is 1. The molecule has 5 heteroatoms. The number of fused-ring (bicyclic) bond motifs is 1. The average Bonchev–Trinajstić information content (AvgIpc) is 2.86. The maximum absolute atomic E-state index is 13.2. The first-order valence-electron chi connectivity index (χ1n) is 6.59. The Balaban J connectivity index is 1.79. The van der Waals surface area contributed by atoms with Crippen LogP contribution in [0.3, 0.4) is 0 Å². The Bertz CT molecular complexity index is 810. The summed E-state index contributed by atoms with van der Waals surface area (Å²) in [5.74, 6) is -0.587. The van der Waals surface area contributed by atoms with Crippen LogP contribution in [0, 0.1) is 12.7 Å². The summed E-state index contributed by atoms with van der Waals surface area (Å²) in [4.78, 5) is 16.3. The van der Waals surface area contributed by atoms with Crippen LogP contribution in [-0.4, -0.2) is 15.5 Å². The minimum atomic E-state index is -0.371. The quantitative estimate of drug-likeness (QED) is 0.802. The van der Waals surface area contributed by atoms with Gasteiger partial charge in [-0.25, -0.2) is 9.37 Å². The number of nitrogens with one attached hydrogen (secondary N) is 1. The number of imidazole rings is 1. The molecule has 21 heavy (non-hydrogen) atoms. The Morgan fingerprint density at radius 1 is 1.29 bits per heavy atom. The van der Waals surface area contributed by atoms with Gasteiger partial charge >= 0.3 is 0 Å². The molecule has 3 rings (SSSR count). The lowest BCUT2D eigenvalue weighted by Crippen LogP contribution is -2.18. The van der Waals surface area contributed by atoms with Gasteiger partial charge in [-0.2, -0.15) is 0 Å². The molecule has 0 unspecified atom stereocenters. The first-order valence-corrected chi connectivity index (χ1v) is 6.59. The lowest BCUT2D eigenvalue weighted by Gasteiger charge is -2.09. The molecule has 3 aromatic rings. The fourth-order valence-electron chi connectivity index (χ4n) is 2.21. The predicted molar refractivity (Wildman–Crippen MR) is 79.5 cm³/mol. The number of benzene rings is 2. The van der Waals surface area contributed by atoms with Crippen LogP contribution in [0.2, 0.25) is 0 Å². The number of aryl methyl sites for hydroxylation is 1. The smallest absolute Gasteiger partial charge is 0.244 e. The van der Waals surface area contributed by atoms with Crippen molar-refractivity contribution in [3.63, 3.8) is 0 Å². The van der Waals surface area contributed by atoms with Crippen LogP contribution in [0.15, 0.2) is 48.8 Å². The van der Waals surface area contributed by atoms with Gasteiger partial charge in [0.1, 0.15) is 12.4 Å². The van der Waals surface area contributed by atoms with Gasteiger partial charge in [0.15, 0.2) is 0 Å². The molecule has 0 saturated carbocycles. The van der Waals surface area contributed by atoms with Crippen molar-refractivity contribution in [3.05, 3.63) is 60.2 Å². The van der Waals surface area contributed by atoms with Gasteiger partial charge in [0.25, 0.3) is 0 Å². The van der Waals surface area contributed by atoms with E-state index in [1.807, 2.05) is 31.2 Å². The Morgan fingerprint density at radius 3 is 2.95 bits per heavy atom. The second-order valence-electron chi connectivity index (χ2n) is 4.87. The lowest BCUT2D eigenvalue weighted by molar-refractivity contribution is -0.116. The van der Waals surface area contributed by atoms with E-state index in [0.717, 1.165) is 16.6 Å². The van der Waals surface area contributed by atoms with Crippen molar-refractivity contribution >= 4 is 22.6 Å². The van der Waals surface area contributed by atoms with E-state index in [1.165, 1.54) is 12.1 Å². The number of nitrogens with zero attached hydrogens (tertiary/aromatic N) is 2. The Labute approximate surface area is 121 Å². The van der Waals surface area contributed by atoms with Gasteiger partial charge in [-0.15, -0.1) is 0 Å². The molecule has 0 saturated heterocycles. The van der Waals surface area contributed by atoms with Gasteiger partial charge in [0.05, 0.1) is 17.4 Å². The minimum absolute atomic E-state index is 0.135. The highest BCUT2D eigenvalue weighted by Gasteiger charge is 2.09. The van der Waals surface area contributed by atoms with Gasteiger partial charge < -0.3 is 9.88 Å². The summed E-state index contributed by atoms with van der Waals surface area (Å²) in [5, 5.41) is 2.73. The maximum atomic E-state index is 13.2.